The van der Waals surface area contributed by atoms with Crippen LogP contribution in [0.5, 0.6) is 0 Å². The molecule has 0 aromatic carbocycles. The van der Waals surface area contributed by atoms with Gasteiger partial charge in [-0.25, -0.2) is 9.78 Å². The van der Waals surface area contributed by atoms with Crippen molar-refractivity contribution in [1.82, 2.24) is 14.9 Å². The molecular weight excluding hydrogens is 324 g/mol. The molecule has 1 amide bonds. The van der Waals surface area contributed by atoms with Gasteiger partial charge in [0.05, 0.1) is 10.2 Å². The third-order valence-corrected chi connectivity index (χ3v) is 4.18. The van der Waals surface area contributed by atoms with Crippen molar-refractivity contribution < 1.29 is 9.90 Å². The van der Waals surface area contributed by atoms with E-state index in [1.54, 1.807) is 6.20 Å². The third kappa shape index (κ3) is 2.45. The van der Waals surface area contributed by atoms with E-state index in [2.05, 4.69) is 31.2 Å². The molecule has 2 aromatic rings. The quantitative estimate of drug-likeness (QED) is 0.786. The molecule has 0 spiro atoms. The number of anilines is 1. The molecule has 0 saturated carbocycles. The highest BCUT2D eigenvalue weighted by atomic mass is 79.9. The number of pyridine rings is 1. The van der Waals surface area contributed by atoms with E-state index in [0.29, 0.717) is 13.1 Å². The summed E-state index contributed by atoms with van der Waals surface area (Å²) in [5.74, 6) is 0. The van der Waals surface area contributed by atoms with Crippen LogP contribution in [0.4, 0.5) is 10.5 Å². The van der Waals surface area contributed by atoms with Crippen molar-refractivity contribution in [2.75, 3.05) is 18.4 Å². The number of likely N-dealkylation sites (tertiary alicyclic amines) is 1. The fourth-order valence-corrected chi connectivity index (χ4v) is 3.03. The van der Waals surface area contributed by atoms with Crippen LogP contribution in [0.25, 0.3) is 11.0 Å². The Hall–Kier alpha value is -1.76. The first-order chi connectivity index (χ1) is 9.65. The summed E-state index contributed by atoms with van der Waals surface area (Å²) in [6.07, 6.45) is 4.59. The second-order valence-electron chi connectivity index (χ2n) is 4.93. The monoisotopic (exact) mass is 338 g/mol. The zero-order valence-electron chi connectivity index (χ0n) is 10.8. The Balaban J connectivity index is 1.84. The standard InChI is InChI=1S/C13H15BrN4O2/c14-10-6-16-12-9(3-4-15-12)11(10)17-8-2-1-5-18(7-8)13(19)20/h3-4,6,8H,1-2,5,7H2,(H,19,20)(H2,15,16,17)/t8-/m1/s1. The number of carbonyl (C=O) groups is 1. The lowest BCUT2D eigenvalue weighted by atomic mass is 10.1. The molecule has 0 bridgehead atoms. The van der Waals surface area contributed by atoms with E-state index in [1.807, 2.05) is 12.3 Å². The molecule has 3 heterocycles. The highest BCUT2D eigenvalue weighted by Crippen LogP contribution is 2.31. The predicted octanol–water partition coefficient (Wildman–Crippen LogP) is 2.88. The minimum absolute atomic E-state index is 0.122. The first-order valence-electron chi connectivity index (χ1n) is 6.51. The summed E-state index contributed by atoms with van der Waals surface area (Å²) < 4.78 is 0.886. The predicted molar refractivity (Wildman–Crippen MR) is 80.0 cm³/mol. The van der Waals surface area contributed by atoms with Gasteiger partial charge < -0.3 is 20.3 Å². The average Bonchev–Trinajstić information content (AvgIpc) is 2.91. The molecule has 6 nitrogen and oxygen atoms in total. The summed E-state index contributed by atoms with van der Waals surface area (Å²) in [5.41, 5.74) is 1.79. The molecule has 1 aliphatic rings. The van der Waals surface area contributed by atoms with Crippen molar-refractivity contribution in [2.45, 2.75) is 18.9 Å². The fraction of sp³-hybridized carbons (Fsp3) is 0.385. The number of H-pyrrole nitrogens is 1. The van der Waals surface area contributed by atoms with Gasteiger partial charge in [0.2, 0.25) is 0 Å². The maximum absolute atomic E-state index is 11.1. The van der Waals surface area contributed by atoms with E-state index in [-0.39, 0.29) is 6.04 Å². The summed E-state index contributed by atoms with van der Waals surface area (Å²) in [4.78, 5) is 19.9. The van der Waals surface area contributed by atoms with E-state index >= 15 is 0 Å². The van der Waals surface area contributed by atoms with Crippen LogP contribution in [0, 0.1) is 0 Å². The number of aromatic amines is 1. The van der Waals surface area contributed by atoms with Crippen LogP contribution in [-0.4, -0.2) is 45.2 Å². The number of hydrogen-bond donors (Lipinski definition) is 3. The maximum Gasteiger partial charge on any atom is 0.407 e. The highest BCUT2D eigenvalue weighted by molar-refractivity contribution is 9.10. The van der Waals surface area contributed by atoms with E-state index in [1.165, 1.54) is 4.90 Å². The Bertz CT molecular complexity index is 642. The fourth-order valence-electron chi connectivity index (χ4n) is 2.60. The molecular formula is C13H15BrN4O2. The number of carboxylic acid groups (broad SMARTS) is 1. The average molecular weight is 339 g/mol. The first kappa shape index (κ1) is 13.2. The van der Waals surface area contributed by atoms with Gasteiger partial charge in [0.25, 0.3) is 0 Å². The van der Waals surface area contributed by atoms with Crippen molar-refractivity contribution in [3.8, 4) is 0 Å². The van der Waals surface area contributed by atoms with Gasteiger partial charge in [0.1, 0.15) is 5.65 Å². The molecule has 3 N–H and O–H groups in total. The minimum atomic E-state index is -0.850. The van der Waals surface area contributed by atoms with Gasteiger partial charge in [0, 0.05) is 36.9 Å². The molecule has 0 unspecified atom stereocenters. The Morgan fingerprint density at radius 2 is 2.45 bits per heavy atom. The molecule has 1 atom stereocenters. The van der Waals surface area contributed by atoms with Crippen LogP contribution >= 0.6 is 15.9 Å². The van der Waals surface area contributed by atoms with Gasteiger partial charge in [-0.1, -0.05) is 0 Å². The zero-order chi connectivity index (χ0) is 14.1. The summed E-state index contributed by atoms with van der Waals surface area (Å²) in [5, 5.41) is 13.5. The van der Waals surface area contributed by atoms with E-state index < -0.39 is 6.09 Å². The molecule has 2 aromatic heterocycles. The Morgan fingerprint density at radius 3 is 3.25 bits per heavy atom. The number of rotatable bonds is 2. The number of halogens is 1. The molecule has 1 aliphatic heterocycles. The Kier molecular flexibility index (Phi) is 3.52. The molecule has 20 heavy (non-hydrogen) atoms. The number of amides is 1. The second-order valence-corrected chi connectivity index (χ2v) is 5.79. The van der Waals surface area contributed by atoms with Crippen LogP contribution in [0.15, 0.2) is 22.9 Å². The largest absolute Gasteiger partial charge is 0.465 e. The Labute approximate surface area is 124 Å². The van der Waals surface area contributed by atoms with Crippen LogP contribution in [0.1, 0.15) is 12.8 Å². The molecule has 3 rings (SSSR count). The third-order valence-electron chi connectivity index (χ3n) is 3.58. The number of piperidine rings is 1. The van der Waals surface area contributed by atoms with Crippen LogP contribution in [-0.2, 0) is 0 Å². The molecule has 0 aliphatic carbocycles. The smallest absolute Gasteiger partial charge is 0.407 e. The first-order valence-corrected chi connectivity index (χ1v) is 7.30. The molecule has 1 fully saturated rings. The highest BCUT2D eigenvalue weighted by Gasteiger charge is 2.24. The topological polar surface area (TPSA) is 81.2 Å². The van der Waals surface area contributed by atoms with Gasteiger partial charge in [-0.15, -0.1) is 0 Å². The molecule has 106 valence electrons. The lowest BCUT2D eigenvalue weighted by Gasteiger charge is -2.32. The van der Waals surface area contributed by atoms with Crippen molar-refractivity contribution >= 4 is 38.7 Å². The van der Waals surface area contributed by atoms with Crippen molar-refractivity contribution in [3.63, 3.8) is 0 Å². The summed E-state index contributed by atoms with van der Waals surface area (Å²) in [6.45, 7) is 1.13. The number of aromatic nitrogens is 2. The summed E-state index contributed by atoms with van der Waals surface area (Å²) >= 11 is 3.50. The van der Waals surface area contributed by atoms with E-state index in [0.717, 1.165) is 34.0 Å². The van der Waals surface area contributed by atoms with Crippen LogP contribution in [0.2, 0.25) is 0 Å². The normalized spacial score (nSPS) is 19.2. The van der Waals surface area contributed by atoms with Gasteiger partial charge in [-0.3, -0.25) is 0 Å². The van der Waals surface area contributed by atoms with Crippen molar-refractivity contribution in [3.05, 3.63) is 22.9 Å². The van der Waals surface area contributed by atoms with Gasteiger partial charge in [-0.05, 0) is 34.8 Å². The zero-order valence-corrected chi connectivity index (χ0v) is 12.4. The van der Waals surface area contributed by atoms with Crippen LogP contribution in [0.3, 0.4) is 0 Å². The summed E-state index contributed by atoms with van der Waals surface area (Å²) in [7, 11) is 0. The van der Waals surface area contributed by atoms with Gasteiger partial charge in [0.15, 0.2) is 0 Å². The van der Waals surface area contributed by atoms with E-state index in [9.17, 15) is 4.79 Å². The number of hydrogen-bond acceptors (Lipinski definition) is 3. The summed E-state index contributed by atoms with van der Waals surface area (Å²) in [6, 6.07) is 2.09. The van der Waals surface area contributed by atoms with Crippen molar-refractivity contribution in [1.29, 1.82) is 0 Å². The van der Waals surface area contributed by atoms with Crippen LogP contribution < -0.4 is 5.32 Å². The number of fused-ring (bicyclic) bond motifs is 1. The number of nitrogens with zero attached hydrogens (tertiary/aromatic N) is 2. The van der Waals surface area contributed by atoms with Gasteiger partial charge >= 0.3 is 6.09 Å². The van der Waals surface area contributed by atoms with Gasteiger partial charge in [-0.2, -0.15) is 0 Å². The minimum Gasteiger partial charge on any atom is -0.465 e. The molecule has 7 heteroatoms. The maximum atomic E-state index is 11.1. The lowest BCUT2D eigenvalue weighted by molar-refractivity contribution is 0.133. The molecule has 1 saturated heterocycles. The lowest BCUT2D eigenvalue weighted by Crippen LogP contribution is -2.44. The second kappa shape index (κ2) is 5.32. The van der Waals surface area contributed by atoms with Crippen molar-refractivity contribution in [2.24, 2.45) is 0 Å². The SMILES string of the molecule is O=C(O)N1CCC[C@@H](Nc2c(Br)cnc3[nH]ccc23)C1. The van der Waals surface area contributed by atoms with E-state index in [4.69, 9.17) is 5.11 Å². The Morgan fingerprint density at radius 1 is 1.60 bits per heavy atom. The molecule has 0 radical (unpaired) electrons. The number of nitrogens with one attached hydrogen (secondary N) is 2.